The van der Waals surface area contributed by atoms with Crippen molar-refractivity contribution in [3.8, 4) is 5.75 Å². The average Bonchev–Trinajstić information content (AvgIpc) is 2.68. The summed E-state index contributed by atoms with van der Waals surface area (Å²) in [5, 5.41) is 3.92. The fraction of sp³-hybridized carbons (Fsp3) is 0.500. The van der Waals surface area contributed by atoms with E-state index in [1.54, 1.807) is 7.11 Å². The fourth-order valence-electron chi connectivity index (χ4n) is 3.22. The first kappa shape index (κ1) is 18.2. The molecule has 0 unspecified atom stereocenters. The quantitative estimate of drug-likeness (QED) is 0.732. The van der Waals surface area contributed by atoms with Gasteiger partial charge >= 0.3 is 5.69 Å². The molecule has 0 N–H and O–H groups in total. The van der Waals surface area contributed by atoms with E-state index in [4.69, 9.17) is 4.74 Å². The summed E-state index contributed by atoms with van der Waals surface area (Å²) in [5.74, 6) is 0.904. The number of hydrogen-bond donors (Lipinski definition) is 0. The van der Waals surface area contributed by atoms with Crippen molar-refractivity contribution in [2.75, 3.05) is 44.7 Å². The molecule has 8 nitrogen and oxygen atoms in total. The van der Waals surface area contributed by atoms with Crippen LogP contribution in [0.2, 0.25) is 0 Å². The molecule has 3 rings (SSSR count). The minimum Gasteiger partial charge on any atom is -0.495 e. The van der Waals surface area contributed by atoms with Crippen LogP contribution in [0, 0.1) is 0 Å². The molecule has 0 spiro atoms. The number of benzene rings is 1. The van der Waals surface area contributed by atoms with Crippen LogP contribution in [0.5, 0.6) is 5.75 Å². The number of piperazine rings is 1. The van der Waals surface area contributed by atoms with Gasteiger partial charge in [-0.05, 0) is 18.6 Å². The Morgan fingerprint density at radius 3 is 2.54 bits per heavy atom. The van der Waals surface area contributed by atoms with Gasteiger partial charge in [-0.15, -0.1) is 0 Å². The van der Waals surface area contributed by atoms with E-state index in [0.717, 1.165) is 55.1 Å². The predicted octanol–water partition coefficient (Wildman–Crippen LogP) is 0.163. The molecule has 1 aromatic heterocycles. The molecule has 1 aliphatic rings. The topological polar surface area (TPSA) is 72.6 Å². The van der Waals surface area contributed by atoms with Crippen molar-refractivity contribution in [3.05, 3.63) is 51.3 Å². The van der Waals surface area contributed by atoms with E-state index < -0.39 is 0 Å². The van der Waals surface area contributed by atoms with Gasteiger partial charge in [-0.25, -0.2) is 9.48 Å². The summed E-state index contributed by atoms with van der Waals surface area (Å²) in [5.41, 5.74) is 0.396. The van der Waals surface area contributed by atoms with Crippen molar-refractivity contribution in [3.63, 3.8) is 0 Å². The lowest BCUT2D eigenvalue weighted by atomic mass is 10.2. The first-order valence-electron chi connectivity index (χ1n) is 8.83. The third kappa shape index (κ3) is 3.96. The van der Waals surface area contributed by atoms with Gasteiger partial charge in [0.25, 0.3) is 5.56 Å². The van der Waals surface area contributed by atoms with E-state index in [-0.39, 0.29) is 11.2 Å². The lowest BCUT2D eigenvalue weighted by Crippen LogP contribution is -2.47. The van der Waals surface area contributed by atoms with E-state index in [9.17, 15) is 9.59 Å². The molecule has 2 aromatic rings. The molecule has 8 heteroatoms. The van der Waals surface area contributed by atoms with Crippen molar-refractivity contribution in [1.82, 2.24) is 19.2 Å². The predicted molar refractivity (Wildman–Crippen MR) is 100 cm³/mol. The second-order valence-electron chi connectivity index (χ2n) is 6.40. The number of hydrogen-bond acceptors (Lipinski definition) is 6. The number of aryl methyl sites for hydroxylation is 1. The Balaban J connectivity index is 1.50. The van der Waals surface area contributed by atoms with Crippen LogP contribution >= 0.6 is 0 Å². The highest BCUT2D eigenvalue weighted by atomic mass is 16.5. The van der Waals surface area contributed by atoms with E-state index in [1.165, 1.54) is 17.9 Å². The summed E-state index contributed by atoms with van der Waals surface area (Å²) in [6.45, 7) is 5.23. The number of anilines is 1. The summed E-state index contributed by atoms with van der Waals surface area (Å²) in [6.07, 6.45) is 2.01. The third-order valence-corrected chi connectivity index (χ3v) is 4.79. The van der Waals surface area contributed by atoms with Crippen LogP contribution in [0.1, 0.15) is 6.42 Å². The van der Waals surface area contributed by atoms with Crippen LogP contribution < -0.4 is 20.9 Å². The van der Waals surface area contributed by atoms with Gasteiger partial charge in [-0.1, -0.05) is 12.1 Å². The zero-order chi connectivity index (χ0) is 18.5. The first-order chi connectivity index (χ1) is 12.6. The van der Waals surface area contributed by atoms with E-state index >= 15 is 0 Å². The zero-order valence-corrected chi connectivity index (χ0v) is 15.3. The van der Waals surface area contributed by atoms with Gasteiger partial charge in [-0.3, -0.25) is 14.3 Å². The smallest absolute Gasteiger partial charge is 0.347 e. The van der Waals surface area contributed by atoms with Gasteiger partial charge < -0.3 is 9.64 Å². The molecule has 0 bridgehead atoms. The molecule has 1 aromatic carbocycles. The summed E-state index contributed by atoms with van der Waals surface area (Å²) in [7, 11) is 3.17. The monoisotopic (exact) mass is 359 g/mol. The van der Waals surface area contributed by atoms with Crippen molar-refractivity contribution in [2.45, 2.75) is 13.0 Å². The summed E-state index contributed by atoms with van der Waals surface area (Å²) < 4.78 is 7.89. The van der Waals surface area contributed by atoms with Crippen LogP contribution in [0.4, 0.5) is 5.69 Å². The van der Waals surface area contributed by atoms with Gasteiger partial charge in [0.05, 0.1) is 12.8 Å². The highest BCUT2D eigenvalue weighted by molar-refractivity contribution is 5.58. The molecule has 140 valence electrons. The van der Waals surface area contributed by atoms with E-state index in [1.807, 2.05) is 18.2 Å². The SMILES string of the molecule is COc1ccccc1N1CCN(CCCn2ncc(=O)n(C)c2=O)CC1. The minimum atomic E-state index is -0.376. The van der Waals surface area contributed by atoms with Crippen molar-refractivity contribution in [2.24, 2.45) is 7.05 Å². The number of aromatic nitrogens is 3. The van der Waals surface area contributed by atoms with Crippen molar-refractivity contribution in [1.29, 1.82) is 0 Å². The highest BCUT2D eigenvalue weighted by Gasteiger charge is 2.19. The van der Waals surface area contributed by atoms with Crippen LogP contribution in [0.3, 0.4) is 0 Å². The number of nitrogens with zero attached hydrogens (tertiary/aromatic N) is 5. The molecule has 1 fully saturated rings. The first-order valence-corrected chi connectivity index (χ1v) is 8.83. The molecule has 1 aliphatic heterocycles. The molecule has 1 saturated heterocycles. The molecule has 0 aliphatic carbocycles. The highest BCUT2D eigenvalue weighted by Crippen LogP contribution is 2.28. The molecular weight excluding hydrogens is 334 g/mol. The van der Waals surface area contributed by atoms with Gasteiger partial charge in [0, 0.05) is 46.3 Å². The minimum absolute atomic E-state index is 0.363. The fourth-order valence-corrected chi connectivity index (χ4v) is 3.22. The Morgan fingerprint density at radius 1 is 1.08 bits per heavy atom. The second kappa shape index (κ2) is 8.18. The Bertz CT molecular complexity index is 852. The molecule has 0 amide bonds. The Hall–Kier alpha value is -2.61. The molecule has 26 heavy (non-hydrogen) atoms. The van der Waals surface area contributed by atoms with Gasteiger partial charge in [0.1, 0.15) is 11.9 Å². The number of rotatable bonds is 6. The van der Waals surface area contributed by atoms with Crippen LogP contribution in [0.15, 0.2) is 40.1 Å². The molecule has 0 radical (unpaired) electrons. The summed E-state index contributed by atoms with van der Waals surface area (Å²) >= 11 is 0. The number of ether oxygens (including phenoxy) is 1. The largest absolute Gasteiger partial charge is 0.495 e. The standard InChI is InChI=1S/C18H25N5O3/c1-20-17(24)14-19-23(18(20)25)9-5-8-21-10-12-22(13-11-21)15-6-3-4-7-16(15)26-2/h3-4,6-7,14H,5,8-13H2,1-2H3. The number of para-hydroxylation sites is 2. The van der Waals surface area contributed by atoms with E-state index in [0.29, 0.717) is 6.54 Å². The summed E-state index contributed by atoms with van der Waals surface area (Å²) in [4.78, 5) is 28.1. The Kier molecular flexibility index (Phi) is 5.72. The summed E-state index contributed by atoms with van der Waals surface area (Å²) in [6, 6.07) is 8.09. The number of methoxy groups -OCH3 is 1. The van der Waals surface area contributed by atoms with Gasteiger partial charge in [0.2, 0.25) is 0 Å². The normalized spacial score (nSPS) is 15.2. The average molecular weight is 359 g/mol. The second-order valence-corrected chi connectivity index (χ2v) is 6.40. The maximum Gasteiger partial charge on any atom is 0.347 e. The molecule has 0 atom stereocenters. The molecule has 2 heterocycles. The molecule has 0 saturated carbocycles. The third-order valence-electron chi connectivity index (χ3n) is 4.79. The van der Waals surface area contributed by atoms with Gasteiger partial charge in [-0.2, -0.15) is 5.10 Å². The van der Waals surface area contributed by atoms with Crippen LogP contribution in [-0.4, -0.2) is 59.1 Å². The van der Waals surface area contributed by atoms with Crippen LogP contribution in [0.25, 0.3) is 0 Å². The maximum absolute atomic E-state index is 12.0. The van der Waals surface area contributed by atoms with E-state index in [2.05, 4.69) is 21.0 Å². The molecular formula is C18H25N5O3. The lowest BCUT2D eigenvalue weighted by Gasteiger charge is -2.36. The van der Waals surface area contributed by atoms with Crippen molar-refractivity contribution < 1.29 is 4.74 Å². The zero-order valence-electron chi connectivity index (χ0n) is 15.3. The van der Waals surface area contributed by atoms with Gasteiger partial charge in [0.15, 0.2) is 0 Å². The van der Waals surface area contributed by atoms with Crippen molar-refractivity contribution >= 4 is 5.69 Å². The maximum atomic E-state index is 12.0. The Labute approximate surface area is 152 Å². The van der Waals surface area contributed by atoms with Crippen LogP contribution in [-0.2, 0) is 13.6 Å². The Morgan fingerprint density at radius 2 is 1.81 bits per heavy atom. The lowest BCUT2D eigenvalue weighted by molar-refractivity contribution is 0.247.